The molecule has 0 saturated heterocycles. The highest BCUT2D eigenvalue weighted by atomic mass is 16.2. The SMILES string of the molecule is CCCCCCCCCC[CH]C(=O)N(C)C. The molecule has 2 nitrogen and oxygen atoms in total. The Morgan fingerprint density at radius 2 is 1.44 bits per heavy atom. The third kappa shape index (κ3) is 10.0. The van der Waals surface area contributed by atoms with Gasteiger partial charge in [0.2, 0.25) is 5.91 Å². The molecular weight excluding hydrogens is 198 g/mol. The van der Waals surface area contributed by atoms with E-state index in [1.165, 1.54) is 44.9 Å². The molecule has 95 valence electrons. The van der Waals surface area contributed by atoms with E-state index >= 15 is 0 Å². The van der Waals surface area contributed by atoms with E-state index in [2.05, 4.69) is 6.92 Å². The monoisotopic (exact) mass is 226 g/mol. The van der Waals surface area contributed by atoms with Crippen LogP contribution in [0.4, 0.5) is 0 Å². The van der Waals surface area contributed by atoms with Gasteiger partial charge in [0.1, 0.15) is 0 Å². The maximum absolute atomic E-state index is 11.2. The summed E-state index contributed by atoms with van der Waals surface area (Å²) in [5.74, 6) is 0.142. The largest absolute Gasteiger partial charge is 0.349 e. The number of carbonyl (C=O) groups is 1. The fourth-order valence-corrected chi connectivity index (χ4v) is 1.69. The summed E-state index contributed by atoms with van der Waals surface area (Å²) in [6, 6.07) is 0. The molecule has 2 heteroatoms. The maximum Gasteiger partial charge on any atom is 0.225 e. The Labute approximate surface area is 101 Å². The molecule has 0 N–H and O–H groups in total. The first-order valence-corrected chi connectivity index (χ1v) is 6.73. The van der Waals surface area contributed by atoms with Crippen LogP contribution in [0.15, 0.2) is 0 Å². The van der Waals surface area contributed by atoms with Crippen molar-refractivity contribution >= 4 is 5.91 Å². The molecule has 1 radical (unpaired) electrons. The Morgan fingerprint density at radius 3 is 1.94 bits per heavy atom. The molecule has 0 saturated carbocycles. The molecule has 0 aromatic rings. The van der Waals surface area contributed by atoms with Gasteiger partial charge in [-0.3, -0.25) is 4.79 Å². The van der Waals surface area contributed by atoms with Gasteiger partial charge in [-0.2, -0.15) is 0 Å². The smallest absolute Gasteiger partial charge is 0.225 e. The van der Waals surface area contributed by atoms with Crippen LogP contribution in [0.5, 0.6) is 0 Å². The zero-order chi connectivity index (χ0) is 12.2. The van der Waals surface area contributed by atoms with Crippen molar-refractivity contribution in [1.82, 2.24) is 4.90 Å². The third-order valence-corrected chi connectivity index (χ3v) is 2.82. The minimum absolute atomic E-state index is 0.142. The lowest BCUT2D eigenvalue weighted by Crippen LogP contribution is -2.21. The Morgan fingerprint density at radius 1 is 0.938 bits per heavy atom. The summed E-state index contributed by atoms with van der Waals surface area (Å²) in [5, 5.41) is 0. The number of unbranched alkanes of at least 4 members (excludes halogenated alkanes) is 8. The van der Waals surface area contributed by atoms with Crippen LogP contribution in [0.3, 0.4) is 0 Å². The second kappa shape index (κ2) is 11.0. The van der Waals surface area contributed by atoms with Gasteiger partial charge in [0.05, 0.1) is 0 Å². The highest BCUT2D eigenvalue weighted by Crippen LogP contribution is 2.10. The zero-order valence-corrected chi connectivity index (χ0v) is 11.3. The molecule has 16 heavy (non-hydrogen) atoms. The van der Waals surface area contributed by atoms with Gasteiger partial charge in [-0.25, -0.2) is 0 Å². The summed E-state index contributed by atoms with van der Waals surface area (Å²) in [4.78, 5) is 12.9. The highest BCUT2D eigenvalue weighted by Gasteiger charge is 2.02. The standard InChI is InChI=1S/C14H28NO/c1-4-5-6-7-8-9-10-11-12-13-14(16)15(2)3/h13H,4-12H2,1-3H3. The van der Waals surface area contributed by atoms with Crippen LogP contribution in [0.1, 0.15) is 64.7 Å². The molecule has 0 atom stereocenters. The van der Waals surface area contributed by atoms with Crippen molar-refractivity contribution in [3.05, 3.63) is 6.42 Å². The Bertz CT molecular complexity index is 166. The molecule has 0 heterocycles. The third-order valence-electron chi connectivity index (χ3n) is 2.82. The molecule has 1 amide bonds. The normalized spacial score (nSPS) is 10.4. The van der Waals surface area contributed by atoms with E-state index in [9.17, 15) is 4.79 Å². The molecule has 0 fully saturated rings. The van der Waals surface area contributed by atoms with Crippen molar-refractivity contribution < 1.29 is 4.79 Å². The average molecular weight is 226 g/mol. The van der Waals surface area contributed by atoms with Crippen LogP contribution in [0, 0.1) is 6.42 Å². The number of nitrogens with zero attached hydrogens (tertiary/aromatic N) is 1. The lowest BCUT2D eigenvalue weighted by atomic mass is 10.1. The lowest BCUT2D eigenvalue weighted by Gasteiger charge is -2.09. The molecule has 0 aromatic heterocycles. The van der Waals surface area contributed by atoms with Crippen molar-refractivity contribution in [2.24, 2.45) is 0 Å². The molecule has 0 spiro atoms. The Hall–Kier alpha value is -0.530. The second-order valence-electron chi connectivity index (χ2n) is 4.70. The summed E-state index contributed by atoms with van der Waals surface area (Å²) in [6.07, 6.45) is 13.3. The molecule has 0 aliphatic rings. The quantitative estimate of drug-likeness (QED) is 0.519. The van der Waals surface area contributed by atoms with Gasteiger partial charge in [-0.15, -0.1) is 0 Å². The molecular formula is C14H28NO. The van der Waals surface area contributed by atoms with Crippen molar-refractivity contribution in [1.29, 1.82) is 0 Å². The number of hydrogen-bond donors (Lipinski definition) is 0. The van der Waals surface area contributed by atoms with E-state index in [1.807, 2.05) is 0 Å². The van der Waals surface area contributed by atoms with Crippen LogP contribution < -0.4 is 0 Å². The highest BCUT2D eigenvalue weighted by molar-refractivity contribution is 5.84. The van der Waals surface area contributed by atoms with Gasteiger partial charge >= 0.3 is 0 Å². The van der Waals surface area contributed by atoms with Gasteiger partial charge in [0.15, 0.2) is 0 Å². The second-order valence-corrected chi connectivity index (χ2v) is 4.70. The van der Waals surface area contributed by atoms with E-state index < -0.39 is 0 Å². The van der Waals surface area contributed by atoms with Crippen LogP contribution in [-0.4, -0.2) is 24.9 Å². The number of carbonyl (C=O) groups excluding carboxylic acids is 1. The van der Waals surface area contributed by atoms with Crippen LogP contribution >= 0.6 is 0 Å². The van der Waals surface area contributed by atoms with E-state index in [1.54, 1.807) is 25.4 Å². The van der Waals surface area contributed by atoms with Gasteiger partial charge < -0.3 is 4.90 Å². The van der Waals surface area contributed by atoms with E-state index in [4.69, 9.17) is 0 Å². The van der Waals surface area contributed by atoms with Gasteiger partial charge in [-0.1, -0.05) is 58.3 Å². The minimum atomic E-state index is 0.142. The summed E-state index contributed by atoms with van der Waals surface area (Å²) >= 11 is 0. The average Bonchev–Trinajstić information content (AvgIpc) is 2.26. The first-order valence-electron chi connectivity index (χ1n) is 6.73. The molecule has 0 aromatic carbocycles. The first-order chi connectivity index (χ1) is 7.68. The van der Waals surface area contributed by atoms with Crippen LogP contribution in [0.25, 0.3) is 0 Å². The van der Waals surface area contributed by atoms with Gasteiger partial charge in [-0.05, 0) is 6.42 Å². The van der Waals surface area contributed by atoms with E-state index in [-0.39, 0.29) is 5.91 Å². The van der Waals surface area contributed by atoms with E-state index in [0.29, 0.717) is 0 Å². The topological polar surface area (TPSA) is 20.3 Å². The van der Waals surface area contributed by atoms with Crippen LogP contribution in [0.2, 0.25) is 0 Å². The van der Waals surface area contributed by atoms with Crippen molar-refractivity contribution in [2.45, 2.75) is 64.7 Å². The lowest BCUT2D eigenvalue weighted by molar-refractivity contribution is -0.125. The van der Waals surface area contributed by atoms with Crippen molar-refractivity contribution in [2.75, 3.05) is 14.1 Å². The molecule has 0 aliphatic carbocycles. The predicted octanol–water partition coefficient (Wildman–Crippen LogP) is 3.81. The number of hydrogen-bond acceptors (Lipinski definition) is 1. The predicted molar refractivity (Wildman–Crippen MR) is 70.2 cm³/mol. The summed E-state index contributed by atoms with van der Waals surface area (Å²) in [6.45, 7) is 2.25. The number of rotatable bonds is 10. The molecule has 0 rings (SSSR count). The summed E-state index contributed by atoms with van der Waals surface area (Å²) in [7, 11) is 3.60. The molecule has 0 bridgehead atoms. The zero-order valence-electron chi connectivity index (χ0n) is 11.3. The maximum atomic E-state index is 11.2. The summed E-state index contributed by atoms with van der Waals surface area (Å²) in [5.41, 5.74) is 0. The Balaban J connectivity index is 3.07. The first kappa shape index (κ1) is 15.5. The van der Waals surface area contributed by atoms with Crippen molar-refractivity contribution in [3.63, 3.8) is 0 Å². The fourth-order valence-electron chi connectivity index (χ4n) is 1.69. The molecule has 0 unspecified atom stereocenters. The van der Waals surface area contributed by atoms with Gasteiger partial charge in [0, 0.05) is 20.5 Å². The molecule has 0 aliphatic heterocycles. The summed E-state index contributed by atoms with van der Waals surface area (Å²) < 4.78 is 0. The van der Waals surface area contributed by atoms with Gasteiger partial charge in [0.25, 0.3) is 0 Å². The van der Waals surface area contributed by atoms with Crippen molar-refractivity contribution in [3.8, 4) is 0 Å². The Kier molecular flexibility index (Phi) is 10.6. The minimum Gasteiger partial charge on any atom is -0.349 e. The number of amides is 1. The van der Waals surface area contributed by atoms with E-state index in [0.717, 1.165) is 12.8 Å². The fraction of sp³-hybridized carbons (Fsp3) is 0.857. The van der Waals surface area contributed by atoms with Crippen LogP contribution in [-0.2, 0) is 4.79 Å².